The highest BCUT2D eigenvalue weighted by Gasteiger charge is 2.29. The number of benzene rings is 1. The molecule has 0 heterocycles. The Hall–Kier alpha value is -0.910. The second kappa shape index (κ2) is 5.61. The first-order valence-corrected chi connectivity index (χ1v) is 8.13. The smallest absolute Gasteiger partial charge is 0.240 e. The normalized spacial score (nSPS) is 17.4. The van der Waals surface area contributed by atoms with Gasteiger partial charge < -0.3 is 5.11 Å². The highest BCUT2D eigenvalue weighted by molar-refractivity contribution is 7.89. The minimum Gasteiger partial charge on any atom is -0.392 e. The lowest BCUT2D eigenvalue weighted by Gasteiger charge is -2.14. The first-order chi connectivity index (χ1) is 8.95. The monoisotopic (exact) mass is 283 g/mol. The molecule has 1 atom stereocenters. The van der Waals surface area contributed by atoms with Crippen LogP contribution in [0.4, 0.5) is 0 Å². The molecule has 0 amide bonds. The molecule has 0 aliphatic heterocycles. The third-order valence-electron chi connectivity index (χ3n) is 3.88. The molecule has 1 aromatic rings. The summed E-state index contributed by atoms with van der Waals surface area (Å²) in [5.41, 5.74) is 1.27. The van der Waals surface area contributed by atoms with Crippen LogP contribution >= 0.6 is 0 Å². The number of nitrogens with one attached hydrogen (secondary N) is 1. The third-order valence-corrected chi connectivity index (χ3v) is 5.45. The maximum absolute atomic E-state index is 12.3. The summed E-state index contributed by atoms with van der Waals surface area (Å²) in [5, 5.41) is 9.19. The van der Waals surface area contributed by atoms with E-state index in [2.05, 4.69) is 11.6 Å². The molecule has 19 heavy (non-hydrogen) atoms. The van der Waals surface area contributed by atoms with Gasteiger partial charge in [0, 0.05) is 6.54 Å². The Labute approximate surface area is 114 Å². The molecule has 0 aromatic heterocycles. The van der Waals surface area contributed by atoms with Crippen molar-refractivity contribution in [2.24, 2.45) is 11.8 Å². The van der Waals surface area contributed by atoms with Crippen LogP contribution in [-0.4, -0.2) is 20.1 Å². The number of hydrogen-bond acceptors (Lipinski definition) is 3. The predicted molar refractivity (Wildman–Crippen MR) is 74.2 cm³/mol. The van der Waals surface area contributed by atoms with Crippen LogP contribution in [0.3, 0.4) is 0 Å². The second-order valence-corrected chi connectivity index (χ2v) is 7.10. The highest BCUT2D eigenvalue weighted by atomic mass is 32.2. The fourth-order valence-electron chi connectivity index (χ4n) is 2.27. The number of aliphatic hydroxyl groups excluding tert-OH is 1. The van der Waals surface area contributed by atoms with Crippen LogP contribution in [0.25, 0.3) is 0 Å². The van der Waals surface area contributed by atoms with E-state index in [0.29, 0.717) is 29.5 Å². The zero-order valence-electron chi connectivity index (χ0n) is 11.4. The van der Waals surface area contributed by atoms with E-state index in [1.165, 1.54) is 12.8 Å². The van der Waals surface area contributed by atoms with Gasteiger partial charge >= 0.3 is 0 Å². The molecule has 1 aromatic carbocycles. The summed E-state index contributed by atoms with van der Waals surface area (Å²) in [6.45, 7) is 4.14. The maximum atomic E-state index is 12.3. The number of rotatable bonds is 6. The van der Waals surface area contributed by atoms with Crippen molar-refractivity contribution in [3.8, 4) is 0 Å². The van der Waals surface area contributed by atoms with Crippen molar-refractivity contribution in [1.82, 2.24) is 4.72 Å². The summed E-state index contributed by atoms with van der Waals surface area (Å²) in [7, 11) is -3.49. The average molecular weight is 283 g/mol. The molecular weight excluding hydrogens is 262 g/mol. The van der Waals surface area contributed by atoms with E-state index in [4.69, 9.17) is 0 Å². The molecule has 2 N–H and O–H groups in total. The van der Waals surface area contributed by atoms with Crippen LogP contribution in [0.1, 0.15) is 30.9 Å². The van der Waals surface area contributed by atoms with Crippen molar-refractivity contribution in [2.45, 2.75) is 38.2 Å². The van der Waals surface area contributed by atoms with Crippen molar-refractivity contribution < 1.29 is 13.5 Å². The van der Waals surface area contributed by atoms with E-state index >= 15 is 0 Å². The Morgan fingerprint density at radius 2 is 2.11 bits per heavy atom. The molecule has 1 fully saturated rings. The van der Waals surface area contributed by atoms with Gasteiger partial charge in [-0.2, -0.15) is 0 Å². The van der Waals surface area contributed by atoms with Gasteiger partial charge in [0.1, 0.15) is 0 Å². The van der Waals surface area contributed by atoms with Crippen molar-refractivity contribution in [2.75, 3.05) is 6.54 Å². The zero-order valence-corrected chi connectivity index (χ0v) is 12.2. The minimum absolute atomic E-state index is 0.145. The van der Waals surface area contributed by atoms with Gasteiger partial charge in [0.25, 0.3) is 0 Å². The molecule has 1 aliphatic rings. The van der Waals surface area contributed by atoms with Gasteiger partial charge in [0.15, 0.2) is 0 Å². The van der Waals surface area contributed by atoms with E-state index < -0.39 is 10.0 Å². The number of hydrogen-bond donors (Lipinski definition) is 2. The zero-order chi connectivity index (χ0) is 14.0. The molecule has 0 saturated heterocycles. The Balaban J connectivity index is 2.14. The third kappa shape index (κ3) is 3.35. The number of sulfonamides is 1. The molecule has 5 heteroatoms. The van der Waals surface area contributed by atoms with E-state index in [-0.39, 0.29) is 11.5 Å². The van der Waals surface area contributed by atoms with Gasteiger partial charge in [0.05, 0.1) is 11.5 Å². The Morgan fingerprint density at radius 3 is 2.68 bits per heavy atom. The quantitative estimate of drug-likeness (QED) is 0.837. The average Bonchev–Trinajstić information content (AvgIpc) is 3.20. The maximum Gasteiger partial charge on any atom is 0.240 e. The van der Waals surface area contributed by atoms with Gasteiger partial charge in [-0.15, -0.1) is 0 Å². The van der Waals surface area contributed by atoms with Gasteiger partial charge in [-0.1, -0.05) is 19.1 Å². The second-order valence-electron chi connectivity index (χ2n) is 5.36. The fourth-order valence-corrected chi connectivity index (χ4v) is 3.70. The molecule has 1 aliphatic carbocycles. The van der Waals surface area contributed by atoms with Gasteiger partial charge in [-0.25, -0.2) is 13.1 Å². The lowest BCUT2D eigenvalue weighted by Crippen LogP contribution is -2.29. The van der Waals surface area contributed by atoms with Gasteiger partial charge in [-0.05, 0) is 48.8 Å². The Kier molecular flexibility index (Phi) is 4.28. The topological polar surface area (TPSA) is 66.4 Å². The minimum atomic E-state index is -3.49. The van der Waals surface area contributed by atoms with Crippen molar-refractivity contribution in [1.29, 1.82) is 0 Å². The molecule has 0 bridgehead atoms. The molecule has 1 unspecified atom stereocenters. The molecule has 2 rings (SSSR count). The summed E-state index contributed by atoms with van der Waals surface area (Å²) in [4.78, 5) is 0.266. The molecule has 106 valence electrons. The Morgan fingerprint density at radius 1 is 1.42 bits per heavy atom. The van der Waals surface area contributed by atoms with Crippen LogP contribution < -0.4 is 4.72 Å². The van der Waals surface area contributed by atoms with Crippen LogP contribution in [-0.2, 0) is 16.6 Å². The Bertz CT molecular complexity index is 550. The van der Waals surface area contributed by atoms with Crippen molar-refractivity contribution in [3.63, 3.8) is 0 Å². The summed E-state index contributed by atoms with van der Waals surface area (Å²) < 4.78 is 27.2. The first kappa shape index (κ1) is 14.5. The largest absolute Gasteiger partial charge is 0.392 e. The number of aliphatic hydroxyl groups is 1. The summed E-state index contributed by atoms with van der Waals surface area (Å²) in [6, 6.07) is 4.98. The van der Waals surface area contributed by atoms with Crippen molar-refractivity contribution in [3.05, 3.63) is 29.3 Å². The van der Waals surface area contributed by atoms with Crippen LogP contribution in [0.15, 0.2) is 23.1 Å². The predicted octanol–water partition coefficient (Wildman–Crippen LogP) is 1.81. The molecule has 1 saturated carbocycles. The van der Waals surface area contributed by atoms with Crippen LogP contribution in [0.5, 0.6) is 0 Å². The van der Waals surface area contributed by atoms with E-state index in [0.717, 1.165) is 0 Å². The fraction of sp³-hybridized carbons (Fsp3) is 0.571. The molecule has 0 radical (unpaired) electrons. The first-order valence-electron chi connectivity index (χ1n) is 6.64. The van der Waals surface area contributed by atoms with E-state index in [9.17, 15) is 13.5 Å². The molecule has 0 spiro atoms. The van der Waals surface area contributed by atoms with Crippen LogP contribution in [0.2, 0.25) is 0 Å². The lowest BCUT2D eigenvalue weighted by atomic mass is 10.1. The SMILES string of the molecule is Cc1c(CO)cccc1S(=O)(=O)NCC(C)C1CC1. The lowest BCUT2D eigenvalue weighted by molar-refractivity contribution is 0.280. The van der Waals surface area contributed by atoms with Crippen LogP contribution in [0, 0.1) is 18.8 Å². The molecule has 4 nitrogen and oxygen atoms in total. The van der Waals surface area contributed by atoms with Gasteiger partial charge in [0.2, 0.25) is 10.0 Å². The summed E-state index contributed by atoms with van der Waals surface area (Å²) in [6.07, 6.45) is 2.42. The summed E-state index contributed by atoms with van der Waals surface area (Å²) in [5.74, 6) is 1.06. The summed E-state index contributed by atoms with van der Waals surface area (Å²) >= 11 is 0. The molecular formula is C14H21NO3S. The van der Waals surface area contributed by atoms with E-state index in [1.807, 2.05) is 0 Å². The highest BCUT2D eigenvalue weighted by Crippen LogP contribution is 2.36. The van der Waals surface area contributed by atoms with Gasteiger partial charge in [-0.3, -0.25) is 0 Å². The van der Waals surface area contributed by atoms with E-state index in [1.54, 1.807) is 25.1 Å². The van der Waals surface area contributed by atoms with Crippen molar-refractivity contribution >= 4 is 10.0 Å². The standard InChI is InChI=1S/C14H21NO3S/c1-10(12-6-7-12)8-15-19(17,18)14-5-3-4-13(9-16)11(14)2/h3-5,10,12,15-16H,6-9H2,1-2H3.